The standard InChI is InChI=1S/C21H24FN5O/c1-13-8-17(25-26(13)4)20(28)24-18-10-21(2,3)11-19-16(18)12-23-27(19)15-7-5-6-14(22)9-15/h5-9,12,18H,10-11H2,1-4H3,(H,24,28)/t18-/m1/s1. The zero-order valence-corrected chi connectivity index (χ0v) is 16.5. The van der Waals surface area contributed by atoms with Crippen LogP contribution in [-0.4, -0.2) is 25.5 Å². The fraction of sp³-hybridized carbons (Fsp3) is 0.381. The first-order valence-corrected chi connectivity index (χ1v) is 9.38. The highest BCUT2D eigenvalue weighted by Gasteiger charge is 2.36. The zero-order chi connectivity index (χ0) is 20.1. The molecule has 1 N–H and O–H groups in total. The van der Waals surface area contributed by atoms with E-state index in [1.54, 1.807) is 27.7 Å². The molecule has 3 aromatic rings. The van der Waals surface area contributed by atoms with Crippen LogP contribution in [-0.2, 0) is 13.5 Å². The van der Waals surface area contributed by atoms with E-state index >= 15 is 0 Å². The van der Waals surface area contributed by atoms with Gasteiger partial charge in [0.15, 0.2) is 0 Å². The first-order valence-electron chi connectivity index (χ1n) is 9.38. The molecule has 2 heterocycles. The van der Waals surface area contributed by atoms with Crippen molar-refractivity contribution in [1.82, 2.24) is 24.9 Å². The Hall–Kier alpha value is -2.96. The molecule has 0 saturated heterocycles. The Morgan fingerprint density at radius 3 is 2.79 bits per heavy atom. The lowest BCUT2D eigenvalue weighted by Crippen LogP contribution is -2.37. The summed E-state index contributed by atoms with van der Waals surface area (Å²) in [6.07, 6.45) is 3.38. The van der Waals surface area contributed by atoms with E-state index in [0.29, 0.717) is 11.4 Å². The van der Waals surface area contributed by atoms with Crippen molar-refractivity contribution in [1.29, 1.82) is 0 Å². The second kappa shape index (κ2) is 6.58. The largest absolute Gasteiger partial charge is 0.344 e. The minimum Gasteiger partial charge on any atom is -0.344 e. The second-order valence-electron chi connectivity index (χ2n) is 8.30. The van der Waals surface area contributed by atoms with Crippen LogP contribution in [0.2, 0.25) is 0 Å². The number of fused-ring (bicyclic) bond motifs is 1. The number of hydrogen-bond acceptors (Lipinski definition) is 3. The van der Waals surface area contributed by atoms with Crippen molar-refractivity contribution in [2.24, 2.45) is 12.5 Å². The molecule has 146 valence electrons. The van der Waals surface area contributed by atoms with Crippen molar-refractivity contribution >= 4 is 5.91 Å². The molecule has 0 saturated carbocycles. The van der Waals surface area contributed by atoms with E-state index < -0.39 is 0 Å². The molecule has 7 heteroatoms. The summed E-state index contributed by atoms with van der Waals surface area (Å²) in [4.78, 5) is 12.8. The number of aryl methyl sites for hydroxylation is 2. The third kappa shape index (κ3) is 3.32. The summed E-state index contributed by atoms with van der Waals surface area (Å²) in [5, 5.41) is 11.9. The zero-order valence-electron chi connectivity index (χ0n) is 16.5. The second-order valence-corrected chi connectivity index (χ2v) is 8.30. The first kappa shape index (κ1) is 18.4. The molecule has 1 atom stereocenters. The Labute approximate surface area is 163 Å². The number of carbonyl (C=O) groups excluding carboxylic acids is 1. The molecule has 2 aromatic heterocycles. The number of nitrogens with zero attached hydrogens (tertiary/aromatic N) is 4. The molecule has 1 aromatic carbocycles. The van der Waals surface area contributed by atoms with Crippen molar-refractivity contribution in [3.63, 3.8) is 0 Å². The Morgan fingerprint density at radius 2 is 2.11 bits per heavy atom. The van der Waals surface area contributed by atoms with E-state index in [4.69, 9.17) is 0 Å². The molecule has 4 rings (SSSR count). The predicted molar refractivity (Wildman–Crippen MR) is 104 cm³/mol. The summed E-state index contributed by atoms with van der Waals surface area (Å²) in [6.45, 7) is 6.25. The average Bonchev–Trinajstić information content (AvgIpc) is 3.17. The van der Waals surface area contributed by atoms with E-state index in [1.807, 2.05) is 20.0 Å². The van der Waals surface area contributed by atoms with Crippen LogP contribution in [0.5, 0.6) is 0 Å². The molecule has 1 aliphatic carbocycles. The summed E-state index contributed by atoms with van der Waals surface area (Å²) in [5.41, 5.74) is 3.96. The minimum absolute atomic E-state index is 0.0317. The van der Waals surface area contributed by atoms with E-state index in [2.05, 4.69) is 29.4 Å². The number of amides is 1. The highest BCUT2D eigenvalue weighted by atomic mass is 19.1. The number of nitrogens with one attached hydrogen (secondary N) is 1. The van der Waals surface area contributed by atoms with Crippen LogP contribution in [0.15, 0.2) is 36.5 Å². The van der Waals surface area contributed by atoms with Gasteiger partial charge in [-0.05, 0) is 49.4 Å². The van der Waals surface area contributed by atoms with Gasteiger partial charge in [-0.25, -0.2) is 9.07 Å². The summed E-state index contributed by atoms with van der Waals surface area (Å²) in [6, 6.07) is 8.01. The smallest absolute Gasteiger partial charge is 0.272 e. The van der Waals surface area contributed by atoms with Gasteiger partial charge in [0.25, 0.3) is 5.91 Å². The molecule has 0 fully saturated rings. The fourth-order valence-corrected chi connectivity index (χ4v) is 3.91. The van der Waals surface area contributed by atoms with Crippen LogP contribution in [0, 0.1) is 18.2 Å². The van der Waals surface area contributed by atoms with Crippen molar-refractivity contribution in [2.45, 2.75) is 39.7 Å². The van der Waals surface area contributed by atoms with Gasteiger partial charge in [0.1, 0.15) is 11.5 Å². The van der Waals surface area contributed by atoms with Crippen molar-refractivity contribution in [2.75, 3.05) is 0 Å². The third-order valence-electron chi connectivity index (χ3n) is 5.38. The van der Waals surface area contributed by atoms with Gasteiger partial charge in [-0.2, -0.15) is 10.2 Å². The molecule has 0 aliphatic heterocycles. The summed E-state index contributed by atoms with van der Waals surface area (Å²) < 4.78 is 17.2. The lowest BCUT2D eigenvalue weighted by molar-refractivity contribution is 0.0913. The van der Waals surface area contributed by atoms with Gasteiger partial charge in [0.05, 0.1) is 23.6 Å². The van der Waals surface area contributed by atoms with Gasteiger partial charge in [0, 0.05) is 18.3 Å². The van der Waals surface area contributed by atoms with Gasteiger partial charge in [-0.1, -0.05) is 19.9 Å². The monoisotopic (exact) mass is 381 g/mol. The predicted octanol–water partition coefficient (Wildman–Crippen LogP) is 3.50. The molecular weight excluding hydrogens is 357 g/mol. The molecule has 1 aliphatic rings. The highest BCUT2D eigenvalue weighted by molar-refractivity contribution is 5.92. The Kier molecular flexibility index (Phi) is 4.33. The fourth-order valence-electron chi connectivity index (χ4n) is 3.91. The summed E-state index contributed by atoms with van der Waals surface area (Å²) in [7, 11) is 1.82. The summed E-state index contributed by atoms with van der Waals surface area (Å²) >= 11 is 0. The van der Waals surface area contributed by atoms with E-state index in [-0.39, 0.29) is 23.2 Å². The van der Waals surface area contributed by atoms with Crippen LogP contribution >= 0.6 is 0 Å². The van der Waals surface area contributed by atoms with Crippen LogP contribution < -0.4 is 5.32 Å². The minimum atomic E-state index is -0.299. The maximum absolute atomic E-state index is 13.7. The molecule has 1 amide bonds. The van der Waals surface area contributed by atoms with Crippen molar-refractivity contribution in [3.05, 3.63) is 65.0 Å². The Morgan fingerprint density at radius 1 is 1.32 bits per heavy atom. The Balaban J connectivity index is 1.68. The topological polar surface area (TPSA) is 64.7 Å². The highest BCUT2D eigenvalue weighted by Crippen LogP contribution is 2.41. The van der Waals surface area contributed by atoms with E-state index in [1.165, 1.54) is 12.1 Å². The van der Waals surface area contributed by atoms with E-state index in [9.17, 15) is 9.18 Å². The quantitative estimate of drug-likeness (QED) is 0.755. The van der Waals surface area contributed by atoms with Crippen LogP contribution in [0.3, 0.4) is 0 Å². The molecule has 6 nitrogen and oxygen atoms in total. The normalized spacial score (nSPS) is 18.0. The maximum Gasteiger partial charge on any atom is 0.272 e. The third-order valence-corrected chi connectivity index (χ3v) is 5.38. The van der Waals surface area contributed by atoms with E-state index in [0.717, 1.165) is 29.8 Å². The molecule has 0 bridgehead atoms. The lowest BCUT2D eigenvalue weighted by atomic mass is 9.74. The van der Waals surface area contributed by atoms with Crippen molar-refractivity contribution in [3.8, 4) is 5.69 Å². The Bertz CT molecular complexity index is 1030. The number of carbonyl (C=O) groups is 1. The molecular formula is C21H24FN5O. The van der Waals surface area contributed by atoms with Gasteiger partial charge in [-0.15, -0.1) is 0 Å². The number of benzene rings is 1. The number of rotatable bonds is 3. The number of aromatic nitrogens is 4. The van der Waals surface area contributed by atoms with Crippen molar-refractivity contribution < 1.29 is 9.18 Å². The summed E-state index contributed by atoms with van der Waals surface area (Å²) in [5.74, 6) is -0.497. The average molecular weight is 381 g/mol. The van der Waals surface area contributed by atoms with Gasteiger partial charge in [-0.3, -0.25) is 9.48 Å². The number of halogens is 1. The van der Waals surface area contributed by atoms with Gasteiger partial charge < -0.3 is 5.32 Å². The SMILES string of the molecule is Cc1cc(C(=O)N[C@@H]2CC(C)(C)Cc3c2cnn3-c2cccc(F)c2)nn1C. The molecule has 0 unspecified atom stereocenters. The van der Waals surface area contributed by atoms with Gasteiger partial charge in [0.2, 0.25) is 0 Å². The number of hydrogen-bond donors (Lipinski definition) is 1. The maximum atomic E-state index is 13.7. The molecule has 0 spiro atoms. The van der Waals surface area contributed by atoms with Gasteiger partial charge >= 0.3 is 0 Å². The molecule has 28 heavy (non-hydrogen) atoms. The van der Waals surface area contributed by atoms with Crippen LogP contribution in [0.1, 0.15) is 53.7 Å². The molecule has 0 radical (unpaired) electrons. The lowest BCUT2D eigenvalue weighted by Gasteiger charge is -2.35. The van der Waals surface area contributed by atoms with Crippen LogP contribution in [0.4, 0.5) is 4.39 Å². The first-order chi connectivity index (χ1) is 13.2. The van der Waals surface area contributed by atoms with Crippen LogP contribution in [0.25, 0.3) is 5.69 Å².